The van der Waals surface area contributed by atoms with Gasteiger partial charge in [0.1, 0.15) is 0 Å². The Bertz CT molecular complexity index is 409. The molecule has 2 aromatic rings. The van der Waals surface area contributed by atoms with Crippen LogP contribution in [0.2, 0.25) is 0 Å². The van der Waals surface area contributed by atoms with E-state index in [4.69, 9.17) is 5.90 Å². The molecule has 2 N–H and O–H groups in total. The van der Waals surface area contributed by atoms with Gasteiger partial charge in [0.25, 0.3) is 0 Å². The molecule has 0 amide bonds. The Morgan fingerprint density at radius 1 is 1.23 bits per heavy atom. The Kier molecular flexibility index (Phi) is 2.21. The van der Waals surface area contributed by atoms with Crippen LogP contribution in [0.3, 0.4) is 0 Å². The van der Waals surface area contributed by atoms with E-state index in [-0.39, 0.29) is 0 Å². The van der Waals surface area contributed by atoms with Crippen LogP contribution in [-0.2, 0) is 11.4 Å². The van der Waals surface area contributed by atoms with Crippen molar-refractivity contribution in [2.75, 3.05) is 0 Å². The molecule has 0 unspecified atom stereocenters. The van der Waals surface area contributed by atoms with Crippen molar-refractivity contribution in [2.24, 2.45) is 5.90 Å². The normalized spacial score (nSPS) is 10.5. The molecule has 0 saturated carbocycles. The summed E-state index contributed by atoms with van der Waals surface area (Å²) in [5.74, 6) is 5.02. The van der Waals surface area contributed by atoms with Crippen LogP contribution in [0.25, 0.3) is 10.9 Å². The average Bonchev–Trinajstić information content (AvgIpc) is 2.19. The van der Waals surface area contributed by atoms with Gasteiger partial charge in [-0.05, 0) is 6.07 Å². The third-order valence-electron chi connectivity index (χ3n) is 1.96. The number of hydrogen-bond acceptors (Lipinski definition) is 3. The highest BCUT2D eigenvalue weighted by molar-refractivity contribution is 5.81. The van der Waals surface area contributed by atoms with Crippen molar-refractivity contribution >= 4 is 10.9 Å². The smallest absolute Gasteiger partial charge is 0.0951 e. The van der Waals surface area contributed by atoms with Gasteiger partial charge in [0.2, 0.25) is 0 Å². The number of nitrogens with zero attached hydrogens (tertiary/aromatic N) is 1. The molecule has 0 radical (unpaired) electrons. The first-order valence-electron chi connectivity index (χ1n) is 4.06. The zero-order chi connectivity index (χ0) is 9.10. The van der Waals surface area contributed by atoms with Gasteiger partial charge in [-0.25, -0.2) is 5.90 Å². The summed E-state index contributed by atoms with van der Waals surface area (Å²) in [4.78, 5) is 8.86. The van der Waals surface area contributed by atoms with Crippen LogP contribution in [0, 0.1) is 0 Å². The predicted molar refractivity (Wildman–Crippen MR) is 50.7 cm³/mol. The van der Waals surface area contributed by atoms with Gasteiger partial charge >= 0.3 is 0 Å². The average molecular weight is 174 g/mol. The molecule has 0 fully saturated rings. The van der Waals surface area contributed by atoms with E-state index >= 15 is 0 Å². The predicted octanol–water partition coefficient (Wildman–Crippen LogP) is 1.63. The van der Waals surface area contributed by atoms with E-state index in [1.54, 1.807) is 6.20 Å². The molecular weight excluding hydrogens is 164 g/mol. The third-order valence-corrected chi connectivity index (χ3v) is 1.96. The number of hydrogen-bond donors (Lipinski definition) is 1. The standard InChI is InChI=1S/C10H10N2O/c11-13-7-9-4-1-3-8-5-2-6-12-10(8)9/h1-6H,7,11H2. The molecule has 1 aromatic carbocycles. The number of nitrogens with two attached hydrogens (primary N) is 1. The maximum Gasteiger partial charge on any atom is 0.0951 e. The molecule has 2 rings (SSSR count). The molecule has 0 aliphatic heterocycles. The lowest BCUT2D eigenvalue weighted by atomic mass is 10.1. The van der Waals surface area contributed by atoms with Crippen molar-refractivity contribution in [3.63, 3.8) is 0 Å². The van der Waals surface area contributed by atoms with Gasteiger partial charge in [-0.3, -0.25) is 9.82 Å². The molecular formula is C10H10N2O. The number of rotatable bonds is 2. The fourth-order valence-corrected chi connectivity index (χ4v) is 1.37. The van der Waals surface area contributed by atoms with E-state index in [1.165, 1.54) is 0 Å². The molecule has 3 heteroatoms. The SMILES string of the molecule is NOCc1cccc2cccnc12. The quantitative estimate of drug-likeness (QED) is 0.704. The topological polar surface area (TPSA) is 48.1 Å². The Morgan fingerprint density at radius 2 is 2.08 bits per heavy atom. The molecule has 0 aliphatic carbocycles. The maximum atomic E-state index is 5.02. The molecule has 0 saturated heterocycles. The summed E-state index contributed by atoms with van der Waals surface area (Å²) in [6, 6.07) is 9.88. The Morgan fingerprint density at radius 3 is 2.92 bits per heavy atom. The lowest BCUT2D eigenvalue weighted by molar-refractivity contribution is 0.125. The van der Waals surface area contributed by atoms with Crippen molar-refractivity contribution in [1.29, 1.82) is 0 Å². The zero-order valence-corrected chi connectivity index (χ0v) is 7.10. The largest absolute Gasteiger partial charge is 0.300 e. The van der Waals surface area contributed by atoms with E-state index in [0.29, 0.717) is 6.61 Å². The van der Waals surface area contributed by atoms with Crippen LogP contribution in [0.5, 0.6) is 0 Å². The zero-order valence-electron chi connectivity index (χ0n) is 7.10. The van der Waals surface area contributed by atoms with Crippen LogP contribution in [0.4, 0.5) is 0 Å². The Balaban J connectivity index is 2.61. The summed E-state index contributed by atoms with van der Waals surface area (Å²) in [6.45, 7) is 0.397. The van der Waals surface area contributed by atoms with Crippen molar-refractivity contribution in [3.8, 4) is 0 Å². The number of para-hydroxylation sites is 1. The highest BCUT2D eigenvalue weighted by Gasteiger charge is 1.99. The van der Waals surface area contributed by atoms with E-state index < -0.39 is 0 Å². The lowest BCUT2D eigenvalue weighted by Crippen LogP contribution is -1.99. The molecule has 0 spiro atoms. The summed E-state index contributed by atoms with van der Waals surface area (Å²) in [6.07, 6.45) is 1.77. The molecule has 0 aliphatic rings. The van der Waals surface area contributed by atoms with Gasteiger partial charge in [-0.1, -0.05) is 24.3 Å². The van der Waals surface area contributed by atoms with Crippen LogP contribution < -0.4 is 5.90 Å². The second-order valence-corrected chi connectivity index (χ2v) is 2.80. The number of benzene rings is 1. The monoisotopic (exact) mass is 174 g/mol. The van der Waals surface area contributed by atoms with Gasteiger partial charge in [0.05, 0.1) is 12.1 Å². The number of pyridine rings is 1. The summed E-state index contributed by atoms with van der Waals surface area (Å²) in [5, 5.41) is 1.11. The lowest BCUT2D eigenvalue weighted by Gasteiger charge is -2.02. The van der Waals surface area contributed by atoms with E-state index in [9.17, 15) is 0 Å². The minimum Gasteiger partial charge on any atom is -0.300 e. The van der Waals surface area contributed by atoms with Gasteiger partial charge in [0, 0.05) is 17.1 Å². The Hall–Kier alpha value is -1.45. The minimum atomic E-state index is 0.397. The van der Waals surface area contributed by atoms with Crippen molar-refractivity contribution in [1.82, 2.24) is 4.98 Å². The molecule has 66 valence electrons. The van der Waals surface area contributed by atoms with Gasteiger partial charge in [0.15, 0.2) is 0 Å². The van der Waals surface area contributed by atoms with Crippen LogP contribution in [0.15, 0.2) is 36.5 Å². The first kappa shape index (κ1) is 8.16. The summed E-state index contributed by atoms with van der Waals surface area (Å²) >= 11 is 0. The fraction of sp³-hybridized carbons (Fsp3) is 0.100. The van der Waals surface area contributed by atoms with E-state index in [0.717, 1.165) is 16.5 Å². The van der Waals surface area contributed by atoms with Gasteiger partial charge < -0.3 is 0 Å². The number of aromatic nitrogens is 1. The first-order valence-corrected chi connectivity index (χ1v) is 4.06. The summed E-state index contributed by atoms with van der Waals surface area (Å²) in [5.41, 5.74) is 1.97. The van der Waals surface area contributed by atoms with E-state index in [2.05, 4.69) is 9.82 Å². The first-order chi connectivity index (χ1) is 6.42. The van der Waals surface area contributed by atoms with Crippen LogP contribution >= 0.6 is 0 Å². The Labute approximate surface area is 76.1 Å². The van der Waals surface area contributed by atoms with Gasteiger partial charge in [-0.2, -0.15) is 0 Å². The molecule has 3 nitrogen and oxygen atoms in total. The van der Waals surface area contributed by atoms with Crippen LogP contribution in [0.1, 0.15) is 5.56 Å². The fourth-order valence-electron chi connectivity index (χ4n) is 1.37. The number of fused-ring (bicyclic) bond motifs is 1. The third kappa shape index (κ3) is 1.52. The highest BCUT2D eigenvalue weighted by atomic mass is 16.6. The molecule has 0 atom stereocenters. The molecule has 0 bridgehead atoms. The van der Waals surface area contributed by atoms with Crippen molar-refractivity contribution in [2.45, 2.75) is 6.61 Å². The summed E-state index contributed by atoms with van der Waals surface area (Å²) in [7, 11) is 0. The second kappa shape index (κ2) is 3.51. The minimum absolute atomic E-state index is 0.397. The maximum absolute atomic E-state index is 5.02. The van der Waals surface area contributed by atoms with Gasteiger partial charge in [-0.15, -0.1) is 0 Å². The molecule has 1 heterocycles. The van der Waals surface area contributed by atoms with Crippen LogP contribution in [-0.4, -0.2) is 4.98 Å². The van der Waals surface area contributed by atoms with Crippen molar-refractivity contribution in [3.05, 3.63) is 42.1 Å². The molecule has 1 aromatic heterocycles. The highest BCUT2D eigenvalue weighted by Crippen LogP contribution is 2.15. The van der Waals surface area contributed by atoms with Crippen molar-refractivity contribution < 1.29 is 4.84 Å². The summed E-state index contributed by atoms with van der Waals surface area (Å²) < 4.78 is 0. The molecule has 13 heavy (non-hydrogen) atoms. The second-order valence-electron chi connectivity index (χ2n) is 2.80. The van der Waals surface area contributed by atoms with E-state index in [1.807, 2.05) is 30.3 Å².